The zero-order chi connectivity index (χ0) is 11.4. The first-order chi connectivity index (χ1) is 7.79. The molecule has 6 heteroatoms. The van der Waals surface area contributed by atoms with Crippen LogP contribution in [-0.4, -0.2) is 50.8 Å². The van der Waals surface area contributed by atoms with Gasteiger partial charge in [-0.2, -0.15) is 0 Å². The van der Waals surface area contributed by atoms with Gasteiger partial charge in [-0.05, 0) is 23.8 Å². The Kier molecular flexibility index (Phi) is 3.84. The molecule has 0 aromatic carbocycles. The Labute approximate surface area is 96.0 Å². The molecule has 0 aliphatic carbocycles. The molecule has 0 bridgehead atoms. The molecule has 2 heterocycles. The highest BCUT2D eigenvalue weighted by Crippen LogP contribution is 2.04. The second kappa shape index (κ2) is 5.36. The van der Waals surface area contributed by atoms with Crippen LogP contribution in [0.3, 0.4) is 0 Å². The topological polar surface area (TPSA) is 58.9 Å². The van der Waals surface area contributed by atoms with Crippen LogP contribution in [0.2, 0.25) is 0 Å². The minimum Gasteiger partial charge on any atom is -0.312 e. The third-order valence-corrected chi connectivity index (χ3v) is 2.86. The lowest BCUT2D eigenvalue weighted by molar-refractivity contribution is 0.192. The van der Waals surface area contributed by atoms with Crippen molar-refractivity contribution in [2.75, 3.05) is 19.6 Å². The van der Waals surface area contributed by atoms with Gasteiger partial charge in [0.2, 0.25) is 0 Å². The van der Waals surface area contributed by atoms with Crippen LogP contribution in [0.1, 0.15) is 26.1 Å². The van der Waals surface area contributed by atoms with E-state index in [4.69, 9.17) is 0 Å². The summed E-state index contributed by atoms with van der Waals surface area (Å²) in [6.07, 6.45) is 1.07. The van der Waals surface area contributed by atoms with Crippen molar-refractivity contribution in [1.29, 1.82) is 0 Å². The normalized spacial score (nSPS) is 22.5. The number of hydrogen-bond acceptors (Lipinski definition) is 5. The largest absolute Gasteiger partial charge is 0.312 e. The highest BCUT2D eigenvalue weighted by molar-refractivity contribution is 4.84. The summed E-state index contributed by atoms with van der Waals surface area (Å²) in [5.41, 5.74) is 0. The highest BCUT2D eigenvalue weighted by Gasteiger charge is 2.17. The van der Waals surface area contributed by atoms with E-state index in [-0.39, 0.29) is 0 Å². The van der Waals surface area contributed by atoms with E-state index in [2.05, 4.69) is 39.6 Å². The third-order valence-electron chi connectivity index (χ3n) is 2.86. The molecule has 0 radical (unpaired) electrons. The molecule has 6 nitrogen and oxygen atoms in total. The molecule has 1 aliphatic heterocycles. The lowest BCUT2D eigenvalue weighted by atomic mass is 10.2. The maximum absolute atomic E-state index is 4.09. The summed E-state index contributed by atoms with van der Waals surface area (Å²) in [7, 11) is 0. The zero-order valence-corrected chi connectivity index (χ0v) is 10.1. The molecule has 1 aliphatic rings. The average Bonchev–Trinajstić information content (AvgIpc) is 2.66. The Bertz CT molecular complexity index is 323. The first-order valence-corrected chi connectivity index (χ1v) is 6.00. The van der Waals surface area contributed by atoms with Crippen molar-refractivity contribution in [1.82, 2.24) is 30.4 Å². The summed E-state index contributed by atoms with van der Waals surface area (Å²) in [6.45, 7) is 9.31. The molecule has 1 N–H and O–H groups in total. The molecule has 0 spiro atoms. The van der Waals surface area contributed by atoms with Crippen LogP contribution >= 0.6 is 0 Å². The molecule has 1 unspecified atom stereocenters. The Morgan fingerprint density at radius 3 is 3.12 bits per heavy atom. The number of tetrazole rings is 1. The van der Waals surface area contributed by atoms with Gasteiger partial charge < -0.3 is 5.32 Å². The van der Waals surface area contributed by atoms with E-state index in [1.54, 1.807) is 0 Å². The van der Waals surface area contributed by atoms with Crippen LogP contribution in [0.15, 0.2) is 0 Å². The van der Waals surface area contributed by atoms with Gasteiger partial charge in [0.05, 0.1) is 6.54 Å². The van der Waals surface area contributed by atoms with Crippen molar-refractivity contribution in [3.63, 3.8) is 0 Å². The predicted molar refractivity (Wildman–Crippen MR) is 60.8 cm³/mol. The molecular formula is C10H20N6. The molecule has 1 fully saturated rings. The maximum atomic E-state index is 4.09. The Hall–Kier alpha value is -1.01. The number of aryl methyl sites for hydroxylation is 1. The SMILES string of the molecule is CCCn1nnnc1CN1CCNC(C)C1. The van der Waals surface area contributed by atoms with Gasteiger partial charge >= 0.3 is 0 Å². The van der Waals surface area contributed by atoms with Crippen molar-refractivity contribution in [3.05, 3.63) is 5.82 Å². The second-order valence-corrected chi connectivity index (χ2v) is 4.41. The van der Waals surface area contributed by atoms with Crippen LogP contribution in [0.4, 0.5) is 0 Å². The van der Waals surface area contributed by atoms with Gasteiger partial charge in [0.1, 0.15) is 0 Å². The van der Waals surface area contributed by atoms with Gasteiger partial charge in [-0.25, -0.2) is 4.68 Å². The van der Waals surface area contributed by atoms with E-state index in [9.17, 15) is 0 Å². The summed E-state index contributed by atoms with van der Waals surface area (Å²) < 4.78 is 1.91. The van der Waals surface area contributed by atoms with Crippen molar-refractivity contribution in [2.24, 2.45) is 0 Å². The third kappa shape index (κ3) is 2.76. The van der Waals surface area contributed by atoms with Crippen molar-refractivity contribution >= 4 is 0 Å². The number of rotatable bonds is 4. The maximum Gasteiger partial charge on any atom is 0.165 e. The Morgan fingerprint density at radius 1 is 1.50 bits per heavy atom. The van der Waals surface area contributed by atoms with E-state index < -0.39 is 0 Å². The summed E-state index contributed by atoms with van der Waals surface area (Å²) >= 11 is 0. The minimum absolute atomic E-state index is 0.559. The van der Waals surface area contributed by atoms with Crippen molar-refractivity contribution in [3.8, 4) is 0 Å². The number of aromatic nitrogens is 4. The molecule has 1 atom stereocenters. The van der Waals surface area contributed by atoms with E-state index in [0.717, 1.165) is 45.0 Å². The number of piperazine rings is 1. The Balaban J connectivity index is 1.94. The quantitative estimate of drug-likeness (QED) is 0.772. The molecule has 90 valence electrons. The first-order valence-electron chi connectivity index (χ1n) is 6.00. The molecule has 0 amide bonds. The van der Waals surface area contributed by atoms with Crippen LogP contribution in [0.25, 0.3) is 0 Å². The molecule has 2 rings (SSSR count). The molecule has 1 saturated heterocycles. The first kappa shape index (κ1) is 11.5. The fourth-order valence-electron chi connectivity index (χ4n) is 2.08. The molecule has 16 heavy (non-hydrogen) atoms. The fourth-order valence-corrected chi connectivity index (χ4v) is 2.08. The van der Waals surface area contributed by atoms with Gasteiger partial charge in [0.15, 0.2) is 5.82 Å². The second-order valence-electron chi connectivity index (χ2n) is 4.41. The van der Waals surface area contributed by atoms with E-state index >= 15 is 0 Å². The smallest absolute Gasteiger partial charge is 0.165 e. The minimum atomic E-state index is 0.559. The molecule has 1 aromatic rings. The number of nitrogens with one attached hydrogen (secondary N) is 1. The molecular weight excluding hydrogens is 204 g/mol. The van der Waals surface area contributed by atoms with E-state index in [1.165, 1.54) is 0 Å². The Morgan fingerprint density at radius 2 is 2.38 bits per heavy atom. The monoisotopic (exact) mass is 224 g/mol. The summed E-state index contributed by atoms with van der Waals surface area (Å²) in [6, 6.07) is 0.559. The summed E-state index contributed by atoms with van der Waals surface area (Å²) in [5.74, 6) is 0.982. The molecule has 1 aromatic heterocycles. The summed E-state index contributed by atoms with van der Waals surface area (Å²) in [4.78, 5) is 2.40. The van der Waals surface area contributed by atoms with Gasteiger partial charge in [0.25, 0.3) is 0 Å². The number of nitrogens with zero attached hydrogens (tertiary/aromatic N) is 5. The highest BCUT2D eigenvalue weighted by atomic mass is 15.5. The van der Waals surface area contributed by atoms with Crippen molar-refractivity contribution in [2.45, 2.75) is 39.4 Å². The lowest BCUT2D eigenvalue weighted by Crippen LogP contribution is -2.48. The summed E-state index contributed by atoms with van der Waals surface area (Å²) in [5, 5.41) is 15.3. The zero-order valence-electron chi connectivity index (χ0n) is 10.1. The van der Waals surface area contributed by atoms with Crippen LogP contribution in [-0.2, 0) is 13.1 Å². The van der Waals surface area contributed by atoms with E-state index in [1.807, 2.05) is 4.68 Å². The van der Waals surface area contributed by atoms with Gasteiger partial charge in [-0.1, -0.05) is 6.92 Å². The van der Waals surface area contributed by atoms with Crippen LogP contribution in [0, 0.1) is 0 Å². The van der Waals surface area contributed by atoms with E-state index in [0.29, 0.717) is 6.04 Å². The number of hydrogen-bond donors (Lipinski definition) is 1. The predicted octanol–water partition coefficient (Wildman–Crippen LogP) is -0.123. The van der Waals surface area contributed by atoms with Gasteiger partial charge in [-0.15, -0.1) is 5.10 Å². The lowest BCUT2D eigenvalue weighted by Gasteiger charge is -2.31. The standard InChI is InChI=1S/C10H20N6/c1-3-5-16-10(12-13-14-16)8-15-6-4-11-9(2)7-15/h9,11H,3-8H2,1-2H3. The van der Waals surface area contributed by atoms with Gasteiger partial charge in [-0.3, -0.25) is 4.90 Å². The average molecular weight is 224 g/mol. The van der Waals surface area contributed by atoms with Crippen LogP contribution in [0.5, 0.6) is 0 Å². The van der Waals surface area contributed by atoms with Crippen molar-refractivity contribution < 1.29 is 0 Å². The van der Waals surface area contributed by atoms with Gasteiger partial charge in [0, 0.05) is 32.2 Å². The fraction of sp³-hybridized carbons (Fsp3) is 0.900. The molecule has 0 saturated carbocycles. The van der Waals surface area contributed by atoms with Crippen LogP contribution < -0.4 is 5.32 Å².